The predicted molar refractivity (Wildman–Crippen MR) is 109 cm³/mol. The highest BCUT2D eigenvalue weighted by molar-refractivity contribution is 7.86. The number of aryl methyl sites for hydroxylation is 1. The van der Waals surface area contributed by atoms with Crippen LogP contribution in [0.2, 0.25) is 0 Å². The lowest BCUT2D eigenvalue weighted by Crippen LogP contribution is -2.37. The first kappa shape index (κ1) is 21.8. The van der Waals surface area contributed by atoms with E-state index in [0.29, 0.717) is 17.9 Å². The summed E-state index contributed by atoms with van der Waals surface area (Å²) in [4.78, 5) is 14.8. The van der Waals surface area contributed by atoms with Crippen molar-refractivity contribution in [3.63, 3.8) is 0 Å². The number of rotatable bonds is 8. The van der Waals surface area contributed by atoms with Crippen molar-refractivity contribution in [1.82, 2.24) is 4.90 Å². The first-order valence-corrected chi connectivity index (χ1v) is 10.9. The summed E-state index contributed by atoms with van der Waals surface area (Å²) in [6, 6.07) is 12.5. The van der Waals surface area contributed by atoms with E-state index >= 15 is 0 Å². The molecule has 152 valence electrons. The third-order valence-electron chi connectivity index (χ3n) is 4.50. The summed E-state index contributed by atoms with van der Waals surface area (Å²) in [6.07, 6.45) is 1.77. The van der Waals surface area contributed by atoms with E-state index in [0.717, 1.165) is 23.8 Å². The second-order valence-corrected chi connectivity index (χ2v) is 8.40. The Morgan fingerprint density at radius 3 is 2.29 bits per heavy atom. The number of benzene rings is 2. The van der Waals surface area contributed by atoms with Gasteiger partial charge in [-0.3, -0.25) is 4.79 Å². The molecular formula is C21H27NO5S. The van der Waals surface area contributed by atoms with Crippen LogP contribution in [0.15, 0.2) is 42.5 Å². The molecule has 6 nitrogen and oxygen atoms in total. The second kappa shape index (κ2) is 9.10. The van der Waals surface area contributed by atoms with Crippen molar-refractivity contribution in [2.75, 3.05) is 13.4 Å². The van der Waals surface area contributed by atoms with Gasteiger partial charge in [0.25, 0.3) is 5.91 Å². The van der Waals surface area contributed by atoms with Gasteiger partial charge >= 0.3 is 10.1 Å². The molecule has 0 bridgehead atoms. The van der Waals surface area contributed by atoms with Crippen molar-refractivity contribution in [2.45, 2.75) is 39.8 Å². The van der Waals surface area contributed by atoms with Gasteiger partial charge in [-0.1, -0.05) is 30.7 Å². The average molecular weight is 406 g/mol. The number of amides is 1. The maximum atomic E-state index is 13.1. The van der Waals surface area contributed by atoms with E-state index in [1.165, 1.54) is 7.11 Å². The molecule has 0 aliphatic rings. The molecule has 1 atom stereocenters. The molecule has 0 aromatic heterocycles. The van der Waals surface area contributed by atoms with E-state index in [9.17, 15) is 13.2 Å². The van der Waals surface area contributed by atoms with Gasteiger partial charge in [0.05, 0.1) is 13.4 Å². The van der Waals surface area contributed by atoms with Crippen molar-refractivity contribution in [2.24, 2.45) is 0 Å². The zero-order chi connectivity index (χ0) is 20.9. The molecule has 1 unspecified atom stereocenters. The minimum absolute atomic E-state index is 0.00943. The van der Waals surface area contributed by atoms with Crippen LogP contribution in [-0.4, -0.2) is 38.6 Å². The fraction of sp³-hybridized carbons (Fsp3) is 0.381. The highest BCUT2D eigenvalue weighted by Gasteiger charge is 2.22. The van der Waals surface area contributed by atoms with Crippen LogP contribution in [0.4, 0.5) is 0 Å². The lowest BCUT2D eigenvalue weighted by atomic mass is 10.1. The minimum atomic E-state index is -3.70. The number of nitrogens with zero attached hydrogens (tertiary/aromatic N) is 1. The molecular weight excluding hydrogens is 378 g/mol. The Labute approximate surface area is 167 Å². The number of carbonyl (C=O) groups is 1. The SMILES string of the molecule is CCC(C)N(Cc1ccc(OC)c(OS(C)(=O)=O)c1)C(=O)c1ccc(C)cc1. The van der Waals surface area contributed by atoms with Crippen molar-refractivity contribution in [3.05, 3.63) is 59.2 Å². The number of hydrogen-bond acceptors (Lipinski definition) is 5. The average Bonchev–Trinajstić information content (AvgIpc) is 2.64. The second-order valence-electron chi connectivity index (χ2n) is 6.83. The first-order chi connectivity index (χ1) is 13.1. The van der Waals surface area contributed by atoms with E-state index in [4.69, 9.17) is 8.92 Å². The highest BCUT2D eigenvalue weighted by atomic mass is 32.2. The molecule has 2 rings (SSSR count). The van der Waals surface area contributed by atoms with Crippen LogP contribution in [0.5, 0.6) is 11.5 Å². The summed E-state index contributed by atoms with van der Waals surface area (Å²) in [7, 11) is -2.26. The molecule has 0 saturated heterocycles. The standard InChI is InChI=1S/C21H27NO5S/c1-6-16(3)22(21(23)18-10-7-15(2)8-11-18)14-17-9-12-19(26-4)20(13-17)27-28(5,24)25/h7-13,16H,6,14H2,1-5H3. The van der Waals surface area contributed by atoms with Crippen LogP contribution in [0.3, 0.4) is 0 Å². The van der Waals surface area contributed by atoms with Crippen LogP contribution < -0.4 is 8.92 Å². The summed E-state index contributed by atoms with van der Waals surface area (Å²) in [5.41, 5.74) is 2.46. The molecule has 0 N–H and O–H groups in total. The Morgan fingerprint density at radius 1 is 1.11 bits per heavy atom. The Bertz CT molecular complexity index is 922. The van der Waals surface area contributed by atoms with E-state index in [-0.39, 0.29) is 17.7 Å². The van der Waals surface area contributed by atoms with Gasteiger partial charge in [0.2, 0.25) is 0 Å². The van der Waals surface area contributed by atoms with Gasteiger partial charge in [0, 0.05) is 18.2 Å². The van der Waals surface area contributed by atoms with E-state index in [1.54, 1.807) is 23.1 Å². The van der Waals surface area contributed by atoms with Gasteiger partial charge in [-0.05, 0) is 50.1 Å². The highest BCUT2D eigenvalue weighted by Crippen LogP contribution is 2.30. The largest absolute Gasteiger partial charge is 0.493 e. The Morgan fingerprint density at radius 2 is 1.75 bits per heavy atom. The normalized spacial score (nSPS) is 12.3. The molecule has 28 heavy (non-hydrogen) atoms. The Kier molecular flexibility index (Phi) is 7.07. The monoisotopic (exact) mass is 405 g/mol. The quantitative estimate of drug-likeness (QED) is 0.625. The van der Waals surface area contributed by atoms with Crippen molar-refractivity contribution < 1.29 is 22.1 Å². The predicted octanol–water partition coefficient (Wildman–Crippen LogP) is 3.78. The molecule has 0 aliphatic carbocycles. The van der Waals surface area contributed by atoms with Crippen LogP contribution in [0.1, 0.15) is 41.8 Å². The van der Waals surface area contributed by atoms with Gasteiger partial charge in [0.1, 0.15) is 0 Å². The number of carbonyl (C=O) groups excluding carboxylic acids is 1. The first-order valence-electron chi connectivity index (χ1n) is 9.08. The summed E-state index contributed by atoms with van der Waals surface area (Å²) < 4.78 is 33.3. The number of ether oxygens (including phenoxy) is 1. The molecule has 0 aliphatic heterocycles. The number of hydrogen-bond donors (Lipinski definition) is 0. The fourth-order valence-corrected chi connectivity index (χ4v) is 3.21. The Hall–Kier alpha value is -2.54. The van der Waals surface area contributed by atoms with Crippen molar-refractivity contribution >= 4 is 16.0 Å². The minimum Gasteiger partial charge on any atom is -0.493 e. The van der Waals surface area contributed by atoms with Gasteiger partial charge < -0.3 is 13.8 Å². The molecule has 2 aromatic carbocycles. The Balaban J connectivity index is 2.35. The molecule has 2 aromatic rings. The lowest BCUT2D eigenvalue weighted by molar-refractivity contribution is 0.0671. The molecule has 0 fully saturated rings. The van der Waals surface area contributed by atoms with Gasteiger partial charge in [0.15, 0.2) is 11.5 Å². The third kappa shape index (κ3) is 5.73. The van der Waals surface area contributed by atoms with Crippen molar-refractivity contribution in [3.8, 4) is 11.5 Å². The fourth-order valence-electron chi connectivity index (χ4n) is 2.75. The molecule has 0 spiro atoms. The van der Waals surface area contributed by atoms with E-state index < -0.39 is 10.1 Å². The maximum Gasteiger partial charge on any atom is 0.306 e. The van der Waals surface area contributed by atoms with Gasteiger partial charge in [-0.2, -0.15) is 8.42 Å². The molecule has 0 radical (unpaired) electrons. The van der Waals surface area contributed by atoms with Gasteiger partial charge in [-0.25, -0.2) is 0 Å². The summed E-state index contributed by atoms with van der Waals surface area (Å²) in [5, 5.41) is 0. The summed E-state index contributed by atoms with van der Waals surface area (Å²) in [5.74, 6) is 0.347. The van der Waals surface area contributed by atoms with Gasteiger partial charge in [-0.15, -0.1) is 0 Å². The van der Waals surface area contributed by atoms with E-state index in [2.05, 4.69) is 0 Å². The van der Waals surface area contributed by atoms with Crippen LogP contribution in [0, 0.1) is 6.92 Å². The summed E-state index contributed by atoms with van der Waals surface area (Å²) in [6.45, 7) is 6.31. The zero-order valence-electron chi connectivity index (χ0n) is 16.9. The zero-order valence-corrected chi connectivity index (χ0v) is 17.7. The topological polar surface area (TPSA) is 72.9 Å². The van der Waals surface area contributed by atoms with Crippen LogP contribution in [0.25, 0.3) is 0 Å². The summed E-state index contributed by atoms with van der Waals surface area (Å²) >= 11 is 0. The molecule has 0 heterocycles. The van der Waals surface area contributed by atoms with Crippen LogP contribution >= 0.6 is 0 Å². The lowest BCUT2D eigenvalue weighted by Gasteiger charge is -2.29. The van der Waals surface area contributed by atoms with Crippen molar-refractivity contribution in [1.29, 1.82) is 0 Å². The molecule has 1 amide bonds. The van der Waals surface area contributed by atoms with Crippen LogP contribution in [-0.2, 0) is 16.7 Å². The third-order valence-corrected chi connectivity index (χ3v) is 4.99. The molecule has 0 saturated carbocycles. The molecule has 7 heteroatoms. The van der Waals surface area contributed by atoms with E-state index in [1.807, 2.05) is 45.0 Å². The maximum absolute atomic E-state index is 13.1. The number of methoxy groups -OCH3 is 1. The smallest absolute Gasteiger partial charge is 0.306 e.